The molecule has 0 aromatic heterocycles. The predicted molar refractivity (Wildman–Crippen MR) is 57.1 cm³/mol. The van der Waals surface area contributed by atoms with E-state index in [-0.39, 0.29) is 11.7 Å². The molecule has 0 aromatic rings. The molecule has 1 N–H and O–H groups in total. The van der Waals surface area contributed by atoms with Gasteiger partial charge in [0, 0.05) is 12.9 Å². The van der Waals surface area contributed by atoms with Crippen LogP contribution in [0.3, 0.4) is 0 Å². The Balaban J connectivity index is 2.25. The van der Waals surface area contributed by atoms with E-state index in [1.54, 1.807) is 7.11 Å². The van der Waals surface area contributed by atoms with Crippen LogP contribution < -0.4 is 0 Å². The first-order valence-corrected chi connectivity index (χ1v) is 6.01. The minimum atomic E-state index is -0.0855. The number of thioether (sulfide) groups is 1. The molecule has 1 rings (SSSR count). The molecule has 0 radical (unpaired) electrons. The highest BCUT2D eigenvalue weighted by atomic mass is 32.2. The van der Waals surface area contributed by atoms with Crippen LogP contribution in [0.2, 0.25) is 0 Å². The van der Waals surface area contributed by atoms with Crippen molar-refractivity contribution in [3.05, 3.63) is 0 Å². The summed E-state index contributed by atoms with van der Waals surface area (Å²) in [5.41, 5.74) is -0.0347. The summed E-state index contributed by atoms with van der Waals surface area (Å²) in [6.07, 6.45) is 2.03. The molecule has 1 fully saturated rings. The molecule has 78 valence electrons. The van der Waals surface area contributed by atoms with Gasteiger partial charge in [-0.05, 0) is 38.4 Å². The molecule has 13 heavy (non-hydrogen) atoms. The lowest BCUT2D eigenvalue weighted by molar-refractivity contribution is 0.00644. The average molecular weight is 204 g/mol. The predicted octanol–water partition coefficient (Wildman–Crippen LogP) is 1.92. The fraction of sp³-hybridized carbons (Fsp3) is 1.00. The molecule has 1 aliphatic heterocycles. The van der Waals surface area contributed by atoms with E-state index in [1.807, 2.05) is 11.8 Å². The van der Waals surface area contributed by atoms with Gasteiger partial charge in [-0.25, -0.2) is 0 Å². The standard InChI is InChI=1S/C10H20O2S/c1-10(2,12-3)5-4-8-6-13-7-9(8)11/h8-9,11H,4-7H2,1-3H3. The largest absolute Gasteiger partial charge is 0.392 e. The van der Waals surface area contributed by atoms with Gasteiger partial charge in [-0.3, -0.25) is 0 Å². The van der Waals surface area contributed by atoms with Gasteiger partial charge in [0.2, 0.25) is 0 Å². The molecular weight excluding hydrogens is 184 g/mol. The summed E-state index contributed by atoms with van der Waals surface area (Å²) >= 11 is 1.86. The average Bonchev–Trinajstić information content (AvgIpc) is 2.48. The molecule has 3 heteroatoms. The monoisotopic (exact) mass is 204 g/mol. The first kappa shape index (κ1) is 11.3. The first-order chi connectivity index (χ1) is 6.05. The Morgan fingerprint density at radius 1 is 1.46 bits per heavy atom. The van der Waals surface area contributed by atoms with E-state index in [1.165, 1.54) is 0 Å². The van der Waals surface area contributed by atoms with Crippen molar-refractivity contribution in [3.63, 3.8) is 0 Å². The van der Waals surface area contributed by atoms with E-state index in [9.17, 15) is 5.11 Å². The van der Waals surface area contributed by atoms with Crippen molar-refractivity contribution in [3.8, 4) is 0 Å². The zero-order valence-electron chi connectivity index (χ0n) is 8.75. The van der Waals surface area contributed by atoms with Crippen LogP contribution in [-0.4, -0.2) is 35.4 Å². The molecular formula is C10H20O2S. The summed E-state index contributed by atoms with van der Waals surface area (Å²) in [7, 11) is 1.75. The van der Waals surface area contributed by atoms with E-state index < -0.39 is 0 Å². The summed E-state index contributed by atoms with van der Waals surface area (Å²) in [6.45, 7) is 4.20. The zero-order chi connectivity index (χ0) is 9.90. The van der Waals surface area contributed by atoms with Gasteiger partial charge in [0.15, 0.2) is 0 Å². The molecule has 0 saturated carbocycles. The van der Waals surface area contributed by atoms with Crippen LogP contribution in [0.1, 0.15) is 26.7 Å². The third kappa shape index (κ3) is 3.49. The zero-order valence-corrected chi connectivity index (χ0v) is 9.56. The van der Waals surface area contributed by atoms with Crippen LogP contribution in [0.15, 0.2) is 0 Å². The van der Waals surface area contributed by atoms with Crippen LogP contribution in [0.5, 0.6) is 0 Å². The fourth-order valence-electron chi connectivity index (χ4n) is 1.50. The normalized spacial score (nSPS) is 29.5. The minimum Gasteiger partial charge on any atom is -0.392 e. The summed E-state index contributed by atoms with van der Waals surface area (Å²) < 4.78 is 5.34. The van der Waals surface area contributed by atoms with Crippen molar-refractivity contribution in [2.24, 2.45) is 5.92 Å². The van der Waals surface area contributed by atoms with Crippen LogP contribution in [-0.2, 0) is 4.74 Å². The Hall–Kier alpha value is 0.270. The van der Waals surface area contributed by atoms with Gasteiger partial charge in [-0.1, -0.05) is 0 Å². The highest BCUT2D eigenvalue weighted by Gasteiger charge is 2.28. The molecule has 0 aromatic carbocycles. The third-order valence-corrected chi connectivity index (χ3v) is 4.08. The second-order valence-electron chi connectivity index (χ2n) is 4.37. The smallest absolute Gasteiger partial charge is 0.0666 e. The Bertz CT molecular complexity index is 159. The molecule has 1 aliphatic rings. The lowest BCUT2D eigenvalue weighted by Gasteiger charge is -2.25. The van der Waals surface area contributed by atoms with Gasteiger partial charge in [0.1, 0.15) is 0 Å². The lowest BCUT2D eigenvalue weighted by atomic mass is 9.93. The van der Waals surface area contributed by atoms with Crippen molar-refractivity contribution < 1.29 is 9.84 Å². The van der Waals surface area contributed by atoms with Crippen molar-refractivity contribution in [1.29, 1.82) is 0 Å². The maximum absolute atomic E-state index is 9.60. The van der Waals surface area contributed by atoms with Gasteiger partial charge in [0.25, 0.3) is 0 Å². The Morgan fingerprint density at radius 2 is 2.15 bits per heavy atom. The molecule has 2 nitrogen and oxygen atoms in total. The molecule has 1 heterocycles. The number of hydrogen-bond acceptors (Lipinski definition) is 3. The highest BCUT2D eigenvalue weighted by Crippen LogP contribution is 2.30. The van der Waals surface area contributed by atoms with Gasteiger partial charge < -0.3 is 9.84 Å². The molecule has 1 saturated heterocycles. The topological polar surface area (TPSA) is 29.5 Å². The molecule has 0 aliphatic carbocycles. The molecule has 0 amide bonds. The Labute approximate surface area is 85.0 Å². The molecule has 0 spiro atoms. The number of aliphatic hydroxyl groups is 1. The summed E-state index contributed by atoms with van der Waals surface area (Å²) in [5.74, 6) is 2.51. The van der Waals surface area contributed by atoms with Crippen LogP contribution in [0.25, 0.3) is 0 Å². The lowest BCUT2D eigenvalue weighted by Crippen LogP contribution is -2.26. The third-order valence-electron chi connectivity index (χ3n) is 2.83. The highest BCUT2D eigenvalue weighted by molar-refractivity contribution is 7.99. The number of hydrogen-bond donors (Lipinski definition) is 1. The second kappa shape index (κ2) is 4.67. The quantitative estimate of drug-likeness (QED) is 0.758. The second-order valence-corrected chi connectivity index (χ2v) is 5.44. The summed E-state index contributed by atoms with van der Waals surface area (Å²) in [5, 5.41) is 9.60. The Morgan fingerprint density at radius 3 is 2.62 bits per heavy atom. The number of methoxy groups -OCH3 is 1. The van der Waals surface area contributed by atoms with Crippen molar-refractivity contribution in [2.75, 3.05) is 18.6 Å². The van der Waals surface area contributed by atoms with E-state index in [0.29, 0.717) is 5.92 Å². The SMILES string of the molecule is COC(C)(C)CCC1CSCC1O. The number of aliphatic hydroxyl groups excluding tert-OH is 1. The van der Waals surface area contributed by atoms with Crippen molar-refractivity contribution >= 4 is 11.8 Å². The van der Waals surface area contributed by atoms with E-state index >= 15 is 0 Å². The van der Waals surface area contributed by atoms with E-state index in [4.69, 9.17) is 4.74 Å². The summed E-state index contributed by atoms with van der Waals surface area (Å²) in [4.78, 5) is 0. The van der Waals surface area contributed by atoms with Crippen molar-refractivity contribution in [1.82, 2.24) is 0 Å². The van der Waals surface area contributed by atoms with Crippen LogP contribution in [0, 0.1) is 5.92 Å². The molecule has 0 bridgehead atoms. The number of ether oxygens (including phenoxy) is 1. The molecule has 2 unspecified atom stereocenters. The maximum Gasteiger partial charge on any atom is 0.0666 e. The van der Waals surface area contributed by atoms with E-state index in [0.717, 1.165) is 24.3 Å². The van der Waals surface area contributed by atoms with Crippen molar-refractivity contribution in [2.45, 2.75) is 38.4 Å². The van der Waals surface area contributed by atoms with Gasteiger partial charge >= 0.3 is 0 Å². The van der Waals surface area contributed by atoms with Crippen LogP contribution >= 0.6 is 11.8 Å². The Kier molecular flexibility index (Phi) is 4.07. The first-order valence-electron chi connectivity index (χ1n) is 4.86. The molecule has 2 atom stereocenters. The van der Waals surface area contributed by atoms with Gasteiger partial charge in [-0.15, -0.1) is 0 Å². The number of rotatable bonds is 4. The fourth-order valence-corrected chi connectivity index (χ4v) is 2.84. The van der Waals surface area contributed by atoms with E-state index in [2.05, 4.69) is 13.8 Å². The summed E-state index contributed by atoms with van der Waals surface area (Å²) in [6, 6.07) is 0. The van der Waals surface area contributed by atoms with Gasteiger partial charge in [-0.2, -0.15) is 11.8 Å². The minimum absolute atomic E-state index is 0.0347. The van der Waals surface area contributed by atoms with Gasteiger partial charge in [0.05, 0.1) is 11.7 Å². The maximum atomic E-state index is 9.60. The van der Waals surface area contributed by atoms with Crippen LogP contribution in [0.4, 0.5) is 0 Å².